The maximum atomic E-state index is 12.3. The van der Waals surface area contributed by atoms with Crippen molar-refractivity contribution in [2.75, 3.05) is 13.1 Å². The van der Waals surface area contributed by atoms with Gasteiger partial charge < -0.3 is 4.57 Å². The van der Waals surface area contributed by atoms with E-state index in [1.54, 1.807) is 6.20 Å². The van der Waals surface area contributed by atoms with E-state index in [-0.39, 0.29) is 10.4 Å². The second-order valence-electron chi connectivity index (χ2n) is 4.57. The van der Waals surface area contributed by atoms with Crippen LogP contribution in [0.2, 0.25) is 0 Å². The number of rotatable bonds is 4. The second-order valence-corrected chi connectivity index (χ2v) is 7.07. The molecule has 0 saturated carbocycles. The van der Waals surface area contributed by atoms with E-state index in [0.717, 1.165) is 18.8 Å². The van der Waals surface area contributed by atoms with Gasteiger partial charge in [0.1, 0.15) is 5.82 Å². The van der Waals surface area contributed by atoms with Crippen molar-refractivity contribution in [1.29, 1.82) is 0 Å². The van der Waals surface area contributed by atoms with E-state index in [1.165, 1.54) is 4.31 Å². The van der Waals surface area contributed by atoms with Crippen LogP contribution >= 0.6 is 11.6 Å². The highest BCUT2D eigenvalue weighted by molar-refractivity contribution is 7.89. The van der Waals surface area contributed by atoms with E-state index in [9.17, 15) is 8.42 Å². The molecule has 1 aromatic heterocycles. The first-order chi connectivity index (χ1) is 8.45. The molecule has 0 aliphatic carbocycles. The van der Waals surface area contributed by atoms with Crippen LogP contribution in [0, 0.1) is 6.92 Å². The Labute approximate surface area is 113 Å². The molecule has 102 valence electrons. The third-order valence-corrected chi connectivity index (χ3v) is 5.21. The molecule has 5 nitrogen and oxygen atoms in total. The van der Waals surface area contributed by atoms with Crippen LogP contribution in [0.3, 0.4) is 0 Å². The molecular weight excluding hydrogens is 274 g/mol. The van der Waals surface area contributed by atoms with Crippen molar-refractivity contribution >= 4 is 21.6 Å². The van der Waals surface area contributed by atoms with Crippen LogP contribution in [0.4, 0.5) is 0 Å². The molecule has 1 saturated heterocycles. The number of imidazole rings is 1. The molecule has 1 fully saturated rings. The number of hydrogen-bond donors (Lipinski definition) is 0. The van der Waals surface area contributed by atoms with E-state index < -0.39 is 10.0 Å². The Kier molecular flexibility index (Phi) is 3.99. The van der Waals surface area contributed by atoms with E-state index in [4.69, 9.17) is 11.6 Å². The van der Waals surface area contributed by atoms with Crippen LogP contribution in [-0.2, 0) is 16.6 Å². The molecular formula is C11H18ClN3O2S. The smallest absolute Gasteiger partial charge is 0.262 e. The van der Waals surface area contributed by atoms with Crippen LogP contribution in [0.5, 0.6) is 0 Å². The van der Waals surface area contributed by atoms with Crippen molar-refractivity contribution in [1.82, 2.24) is 13.9 Å². The van der Waals surface area contributed by atoms with E-state index in [0.29, 0.717) is 19.5 Å². The molecule has 1 aromatic rings. The Balaban J connectivity index is 2.27. The van der Waals surface area contributed by atoms with Crippen molar-refractivity contribution < 1.29 is 8.42 Å². The summed E-state index contributed by atoms with van der Waals surface area (Å²) >= 11 is 5.95. The summed E-state index contributed by atoms with van der Waals surface area (Å²) in [7, 11) is -3.47. The minimum absolute atomic E-state index is 0.0846. The molecule has 1 aliphatic rings. The summed E-state index contributed by atoms with van der Waals surface area (Å²) < 4.78 is 28.0. The molecule has 1 atom stereocenters. The zero-order valence-electron chi connectivity index (χ0n) is 10.6. The first-order valence-corrected chi connectivity index (χ1v) is 8.00. The van der Waals surface area contributed by atoms with Gasteiger partial charge in [-0.25, -0.2) is 13.4 Å². The van der Waals surface area contributed by atoms with Gasteiger partial charge in [0.05, 0.1) is 0 Å². The average Bonchev–Trinajstić information content (AvgIpc) is 2.87. The second kappa shape index (κ2) is 5.19. The minimum Gasteiger partial charge on any atom is -0.334 e. The number of aromatic nitrogens is 2. The molecule has 2 heterocycles. The van der Waals surface area contributed by atoms with Crippen LogP contribution in [0.15, 0.2) is 11.2 Å². The Hall–Kier alpha value is -0.590. The molecule has 0 radical (unpaired) electrons. The SMILES string of the molecule is CCCn1cc(S(=O)(=O)N2CCC(Cl)C2)nc1C. The van der Waals surface area contributed by atoms with Gasteiger partial charge in [-0.3, -0.25) is 0 Å². The molecule has 1 aliphatic heterocycles. The number of sulfonamides is 1. The maximum absolute atomic E-state index is 12.3. The highest BCUT2D eigenvalue weighted by atomic mass is 35.5. The number of hydrogen-bond acceptors (Lipinski definition) is 3. The minimum atomic E-state index is -3.47. The average molecular weight is 292 g/mol. The Bertz CT molecular complexity index is 526. The lowest BCUT2D eigenvalue weighted by Crippen LogP contribution is -2.29. The largest absolute Gasteiger partial charge is 0.334 e. The molecule has 1 unspecified atom stereocenters. The molecule has 0 amide bonds. The van der Waals surface area contributed by atoms with E-state index in [2.05, 4.69) is 4.98 Å². The molecule has 0 aromatic carbocycles. The first-order valence-electron chi connectivity index (χ1n) is 6.13. The van der Waals surface area contributed by atoms with Gasteiger partial charge in [-0.1, -0.05) is 6.92 Å². The monoisotopic (exact) mass is 291 g/mol. The van der Waals surface area contributed by atoms with E-state index in [1.807, 2.05) is 18.4 Å². The highest BCUT2D eigenvalue weighted by Gasteiger charge is 2.33. The predicted octanol–water partition coefficient (Wildman–Crippen LogP) is 1.60. The van der Waals surface area contributed by atoms with Gasteiger partial charge in [-0.05, 0) is 19.8 Å². The van der Waals surface area contributed by atoms with Crippen molar-refractivity contribution in [3.05, 3.63) is 12.0 Å². The predicted molar refractivity (Wildman–Crippen MR) is 70.3 cm³/mol. The third kappa shape index (κ3) is 2.55. The summed E-state index contributed by atoms with van der Waals surface area (Å²) in [6.07, 6.45) is 3.27. The zero-order valence-corrected chi connectivity index (χ0v) is 12.2. The lowest BCUT2D eigenvalue weighted by atomic mass is 10.4. The van der Waals surface area contributed by atoms with Gasteiger partial charge in [-0.2, -0.15) is 4.31 Å². The Morgan fingerprint density at radius 2 is 2.28 bits per heavy atom. The highest BCUT2D eigenvalue weighted by Crippen LogP contribution is 2.23. The van der Waals surface area contributed by atoms with Gasteiger partial charge in [0.2, 0.25) is 0 Å². The molecule has 0 N–H and O–H groups in total. The molecule has 18 heavy (non-hydrogen) atoms. The van der Waals surface area contributed by atoms with Gasteiger partial charge in [0.15, 0.2) is 5.03 Å². The standard InChI is InChI=1S/C11H18ClN3O2S/c1-3-5-14-8-11(13-9(14)2)18(16,17)15-6-4-10(12)7-15/h8,10H,3-7H2,1-2H3. The van der Waals surface area contributed by atoms with Crippen molar-refractivity contribution in [3.8, 4) is 0 Å². The summed E-state index contributed by atoms with van der Waals surface area (Å²) in [5.41, 5.74) is 0. The Morgan fingerprint density at radius 3 is 2.83 bits per heavy atom. The van der Waals surface area contributed by atoms with Crippen LogP contribution in [0.25, 0.3) is 0 Å². The maximum Gasteiger partial charge on any atom is 0.262 e. The lowest BCUT2D eigenvalue weighted by molar-refractivity contribution is 0.475. The molecule has 7 heteroatoms. The van der Waals surface area contributed by atoms with E-state index >= 15 is 0 Å². The molecule has 0 bridgehead atoms. The number of halogens is 1. The summed E-state index contributed by atoms with van der Waals surface area (Å²) in [5.74, 6) is 0.733. The van der Waals surface area contributed by atoms with Crippen molar-refractivity contribution in [2.24, 2.45) is 0 Å². The van der Waals surface area contributed by atoms with Gasteiger partial charge in [-0.15, -0.1) is 11.6 Å². The van der Waals surface area contributed by atoms with Gasteiger partial charge >= 0.3 is 0 Å². The van der Waals surface area contributed by atoms with Crippen molar-refractivity contribution in [3.63, 3.8) is 0 Å². The topological polar surface area (TPSA) is 55.2 Å². The normalized spacial score (nSPS) is 21.6. The number of alkyl halides is 1. The van der Waals surface area contributed by atoms with Crippen LogP contribution in [-0.4, -0.2) is 40.7 Å². The summed E-state index contributed by atoms with van der Waals surface area (Å²) in [6.45, 7) is 5.52. The fraction of sp³-hybridized carbons (Fsp3) is 0.727. The lowest BCUT2D eigenvalue weighted by Gasteiger charge is -2.13. The Morgan fingerprint density at radius 1 is 1.56 bits per heavy atom. The van der Waals surface area contributed by atoms with Crippen molar-refractivity contribution in [2.45, 2.75) is 43.6 Å². The zero-order chi connectivity index (χ0) is 13.3. The first kappa shape index (κ1) is 13.8. The van der Waals surface area contributed by atoms with Gasteiger partial charge in [0.25, 0.3) is 10.0 Å². The number of aryl methyl sites for hydroxylation is 2. The summed E-state index contributed by atoms with van der Waals surface area (Å²) in [4.78, 5) is 4.16. The molecule has 2 rings (SSSR count). The number of nitrogens with zero attached hydrogens (tertiary/aromatic N) is 3. The van der Waals surface area contributed by atoms with Gasteiger partial charge in [0, 0.05) is 31.2 Å². The van der Waals surface area contributed by atoms with Crippen LogP contribution in [0.1, 0.15) is 25.6 Å². The quantitative estimate of drug-likeness (QED) is 0.792. The fourth-order valence-corrected chi connectivity index (χ4v) is 3.95. The summed E-state index contributed by atoms with van der Waals surface area (Å²) in [6, 6.07) is 0. The third-order valence-electron chi connectivity index (χ3n) is 3.12. The summed E-state index contributed by atoms with van der Waals surface area (Å²) in [5, 5.41) is 0.0535. The fourth-order valence-electron chi connectivity index (χ4n) is 2.11. The van der Waals surface area contributed by atoms with Crippen LogP contribution < -0.4 is 0 Å². The molecule has 0 spiro atoms.